The number of hydrogen-bond acceptors (Lipinski definition) is 1. The molecule has 0 atom stereocenters. The minimum Gasteiger partial charge on any atom is -0.354 e. The summed E-state index contributed by atoms with van der Waals surface area (Å²) in [5, 5.41) is 3.87. The minimum atomic E-state index is -0.0494. The molecule has 3 nitrogen and oxygen atoms in total. The Kier molecular flexibility index (Phi) is 3.98. The van der Waals surface area contributed by atoms with Gasteiger partial charge < -0.3 is 9.88 Å². The Labute approximate surface area is 120 Å². The summed E-state index contributed by atoms with van der Waals surface area (Å²) < 4.78 is 2.03. The summed E-state index contributed by atoms with van der Waals surface area (Å²) in [6.07, 6.45) is 1.82. The average molecular weight is 270 g/mol. The molecule has 0 radical (unpaired) electrons. The van der Waals surface area contributed by atoms with Crippen molar-refractivity contribution in [1.82, 2.24) is 9.88 Å². The first kappa shape index (κ1) is 14.4. The SMILES string of the molecule is C=CCn1c(C(=O)NC)c(C)c2cc(C(C)C)ccc21. The summed E-state index contributed by atoms with van der Waals surface area (Å²) in [6.45, 7) is 10.8. The molecule has 1 aromatic heterocycles. The molecule has 0 unspecified atom stereocenters. The van der Waals surface area contributed by atoms with E-state index in [1.807, 2.05) is 17.6 Å². The highest BCUT2D eigenvalue weighted by Crippen LogP contribution is 2.29. The first-order chi connectivity index (χ1) is 9.51. The number of nitrogens with zero attached hydrogens (tertiary/aromatic N) is 1. The van der Waals surface area contributed by atoms with Gasteiger partial charge in [-0.05, 0) is 36.1 Å². The number of amides is 1. The number of benzene rings is 1. The second-order valence-electron chi connectivity index (χ2n) is 5.38. The van der Waals surface area contributed by atoms with Gasteiger partial charge in [-0.25, -0.2) is 0 Å². The Bertz CT molecular complexity index is 665. The first-order valence-electron chi connectivity index (χ1n) is 6.97. The fourth-order valence-electron chi connectivity index (χ4n) is 2.63. The molecule has 20 heavy (non-hydrogen) atoms. The summed E-state index contributed by atoms with van der Waals surface area (Å²) >= 11 is 0. The summed E-state index contributed by atoms with van der Waals surface area (Å²) in [4.78, 5) is 12.2. The van der Waals surface area contributed by atoms with Crippen LogP contribution < -0.4 is 5.32 Å². The third kappa shape index (κ3) is 2.24. The van der Waals surface area contributed by atoms with Crippen LogP contribution in [-0.2, 0) is 6.54 Å². The van der Waals surface area contributed by atoms with E-state index in [9.17, 15) is 4.79 Å². The third-order valence-electron chi connectivity index (χ3n) is 3.76. The molecule has 1 N–H and O–H groups in total. The topological polar surface area (TPSA) is 34.0 Å². The summed E-state index contributed by atoms with van der Waals surface area (Å²) in [7, 11) is 1.66. The van der Waals surface area contributed by atoms with E-state index in [1.165, 1.54) is 5.56 Å². The maximum atomic E-state index is 12.2. The highest BCUT2D eigenvalue weighted by atomic mass is 16.1. The maximum absolute atomic E-state index is 12.2. The standard InChI is InChI=1S/C17H22N2O/c1-6-9-19-15-8-7-13(11(2)3)10-14(15)12(4)16(19)17(20)18-5/h6-8,10-11H,1,9H2,2-5H3,(H,18,20). The predicted molar refractivity (Wildman–Crippen MR) is 84.4 cm³/mol. The van der Waals surface area contributed by atoms with E-state index >= 15 is 0 Å². The second-order valence-corrected chi connectivity index (χ2v) is 5.38. The minimum absolute atomic E-state index is 0.0494. The number of carbonyl (C=O) groups is 1. The molecule has 1 heterocycles. The third-order valence-corrected chi connectivity index (χ3v) is 3.76. The lowest BCUT2D eigenvalue weighted by Gasteiger charge is -2.08. The molecule has 3 heteroatoms. The van der Waals surface area contributed by atoms with E-state index in [0.717, 1.165) is 22.2 Å². The smallest absolute Gasteiger partial charge is 0.267 e. The zero-order valence-corrected chi connectivity index (χ0v) is 12.7. The molecule has 0 saturated carbocycles. The van der Waals surface area contributed by atoms with E-state index in [0.29, 0.717) is 12.5 Å². The molecule has 1 amide bonds. The van der Waals surface area contributed by atoms with Crippen molar-refractivity contribution < 1.29 is 4.79 Å². The monoisotopic (exact) mass is 270 g/mol. The van der Waals surface area contributed by atoms with E-state index in [2.05, 4.69) is 43.9 Å². The Balaban J connectivity index is 2.77. The second kappa shape index (κ2) is 5.53. The predicted octanol–water partition coefficient (Wildman–Crippen LogP) is 3.62. The van der Waals surface area contributed by atoms with Crippen LogP contribution in [0.15, 0.2) is 30.9 Å². The molecule has 1 aromatic carbocycles. The highest BCUT2D eigenvalue weighted by Gasteiger charge is 2.19. The van der Waals surface area contributed by atoms with Crippen LogP contribution in [0.4, 0.5) is 0 Å². The lowest BCUT2D eigenvalue weighted by atomic mass is 10.0. The van der Waals surface area contributed by atoms with Gasteiger partial charge in [0, 0.05) is 24.5 Å². The van der Waals surface area contributed by atoms with Gasteiger partial charge in [-0.3, -0.25) is 4.79 Å². The quantitative estimate of drug-likeness (QED) is 0.846. The van der Waals surface area contributed by atoms with Crippen LogP contribution in [-0.4, -0.2) is 17.5 Å². The molecular weight excluding hydrogens is 248 g/mol. The van der Waals surface area contributed by atoms with Crippen LogP contribution in [0, 0.1) is 6.92 Å². The number of carbonyl (C=O) groups excluding carboxylic acids is 1. The number of allylic oxidation sites excluding steroid dienone is 1. The number of aromatic nitrogens is 1. The van der Waals surface area contributed by atoms with Crippen LogP contribution in [0.2, 0.25) is 0 Å². The van der Waals surface area contributed by atoms with E-state index in [4.69, 9.17) is 0 Å². The molecule has 0 saturated heterocycles. The summed E-state index contributed by atoms with van der Waals surface area (Å²) in [5.41, 5.74) is 4.14. The van der Waals surface area contributed by atoms with Crippen molar-refractivity contribution in [2.45, 2.75) is 33.2 Å². The largest absolute Gasteiger partial charge is 0.354 e. The fraction of sp³-hybridized carbons (Fsp3) is 0.353. The Morgan fingerprint density at radius 2 is 2.15 bits per heavy atom. The van der Waals surface area contributed by atoms with Crippen LogP contribution >= 0.6 is 0 Å². The molecule has 0 aliphatic carbocycles. The van der Waals surface area contributed by atoms with Crippen molar-refractivity contribution in [3.8, 4) is 0 Å². The lowest BCUT2D eigenvalue weighted by molar-refractivity contribution is 0.0954. The Hall–Kier alpha value is -2.03. The number of aryl methyl sites for hydroxylation is 1. The maximum Gasteiger partial charge on any atom is 0.267 e. The number of rotatable bonds is 4. The van der Waals surface area contributed by atoms with Gasteiger partial charge in [0.15, 0.2) is 0 Å². The Morgan fingerprint density at radius 1 is 1.45 bits per heavy atom. The Morgan fingerprint density at radius 3 is 2.70 bits per heavy atom. The van der Waals surface area contributed by atoms with Gasteiger partial charge in [0.25, 0.3) is 5.91 Å². The van der Waals surface area contributed by atoms with Crippen molar-refractivity contribution in [3.63, 3.8) is 0 Å². The zero-order valence-electron chi connectivity index (χ0n) is 12.7. The molecule has 0 aliphatic heterocycles. The van der Waals surface area contributed by atoms with E-state index < -0.39 is 0 Å². The normalized spacial score (nSPS) is 11.1. The summed E-state index contributed by atoms with van der Waals surface area (Å²) in [6, 6.07) is 6.44. The molecule has 2 rings (SSSR count). The highest BCUT2D eigenvalue weighted by molar-refractivity contribution is 6.01. The molecule has 0 fully saturated rings. The number of fused-ring (bicyclic) bond motifs is 1. The first-order valence-corrected chi connectivity index (χ1v) is 6.97. The van der Waals surface area contributed by atoms with Crippen LogP contribution in [0.5, 0.6) is 0 Å². The van der Waals surface area contributed by atoms with Crippen LogP contribution in [0.1, 0.15) is 41.4 Å². The van der Waals surface area contributed by atoms with Gasteiger partial charge in [-0.2, -0.15) is 0 Å². The van der Waals surface area contributed by atoms with Crippen molar-refractivity contribution in [2.24, 2.45) is 0 Å². The van der Waals surface area contributed by atoms with Gasteiger partial charge in [-0.1, -0.05) is 26.0 Å². The van der Waals surface area contributed by atoms with E-state index in [-0.39, 0.29) is 5.91 Å². The van der Waals surface area contributed by atoms with Crippen LogP contribution in [0.25, 0.3) is 10.9 Å². The van der Waals surface area contributed by atoms with Crippen molar-refractivity contribution in [1.29, 1.82) is 0 Å². The van der Waals surface area contributed by atoms with Gasteiger partial charge in [0.1, 0.15) is 5.69 Å². The molecule has 106 valence electrons. The van der Waals surface area contributed by atoms with Gasteiger partial charge in [0.05, 0.1) is 0 Å². The molecular formula is C17H22N2O. The van der Waals surface area contributed by atoms with Gasteiger partial charge in [-0.15, -0.1) is 6.58 Å². The number of hydrogen-bond donors (Lipinski definition) is 1. The molecule has 0 bridgehead atoms. The van der Waals surface area contributed by atoms with Gasteiger partial charge >= 0.3 is 0 Å². The lowest BCUT2D eigenvalue weighted by Crippen LogP contribution is -2.22. The summed E-state index contributed by atoms with van der Waals surface area (Å²) in [5.74, 6) is 0.427. The van der Waals surface area contributed by atoms with Crippen molar-refractivity contribution >= 4 is 16.8 Å². The molecule has 2 aromatic rings. The van der Waals surface area contributed by atoms with Gasteiger partial charge in [0.2, 0.25) is 0 Å². The zero-order chi connectivity index (χ0) is 14.9. The average Bonchev–Trinajstić information content (AvgIpc) is 2.71. The van der Waals surface area contributed by atoms with Crippen molar-refractivity contribution in [3.05, 3.63) is 47.7 Å². The molecule has 0 aliphatic rings. The van der Waals surface area contributed by atoms with E-state index in [1.54, 1.807) is 7.05 Å². The van der Waals surface area contributed by atoms with Crippen LogP contribution in [0.3, 0.4) is 0 Å². The van der Waals surface area contributed by atoms with Crippen molar-refractivity contribution in [2.75, 3.05) is 7.05 Å². The number of nitrogens with one attached hydrogen (secondary N) is 1. The molecule has 0 spiro atoms. The fourth-order valence-corrected chi connectivity index (χ4v) is 2.63.